The van der Waals surface area contributed by atoms with Crippen LogP contribution in [-0.2, 0) is 4.74 Å². The van der Waals surface area contributed by atoms with Crippen molar-refractivity contribution in [2.24, 2.45) is 5.92 Å². The van der Waals surface area contributed by atoms with Gasteiger partial charge in [-0.3, -0.25) is 0 Å². The largest absolute Gasteiger partial charge is 0.374 e. The molecule has 0 aliphatic carbocycles. The van der Waals surface area contributed by atoms with E-state index in [0.29, 0.717) is 6.10 Å². The second kappa shape index (κ2) is 3.91. The molecular weight excluding hydrogens is 136 g/mol. The summed E-state index contributed by atoms with van der Waals surface area (Å²) in [6, 6.07) is 0. The summed E-state index contributed by atoms with van der Waals surface area (Å²) in [6.07, 6.45) is 5.00. The highest BCUT2D eigenvalue weighted by atomic mass is 16.5. The van der Waals surface area contributed by atoms with Crippen LogP contribution in [-0.4, -0.2) is 12.7 Å². The van der Waals surface area contributed by atoms with E-state index in [4.69, 9.17) is 4.74 Å². The molecule has 1 heteroatoms. The van der Waals surface area contributed by atoms with Gasteiger partial charge in [0, 0.05) is 0 Å². The summed E-state index contributed by atoms with van der Waals surface area (Å²) in [6.45, 7) is 7.51. The van der Waals surface area contributed by atoms with Crippen molar-refractivity contribution in [3.63, 3.8) is 0 Å². The second-order valence-corrected chi connectivity index (χ2v) is 3.84. The van der Waals surface area contributed by atoms with E-state index in [1.165, 1.54) is 12.0 Å². The zero-order chi connectivity index (χ0) is 8.27. The van der Waals surface area contributed by atoms with E-state index in [0.717, 1.165) is 18.9 Å². The maximum Gasteiger partial charge on any atom is 0.0653 e. The van der Waals surface area contributed by atoms with Gasteiger partial charge in [-0.05, 0) is 25.7 Å². The van der Waals surface area contributed by atoms with Crippen molar-refractivity contribution in [2.45, 2.75) is 39.7 Å². The van der Waals surface area contributed by atoms with Crippen LogP contribution in [0.1, 0.15) is 33.6 Å². The Balaban J connectivity index is 2.32. The molecule has 1 aliphatic rings. The van der Waals surface area contributed by atoms with E-state index in [-0.39, 0.29) is 0 Å². The molecular formula is C10H18O. The summed E-state index contributed by atoms with van der Waals surface area (Å²) in [5, 5.41) is 0. The van der Waals surface area contributed by atoms with Crippen LogP contribution >= 0.6 is 0 Å². The molecule has 0 unspecified atom stereocenters. The summed E-state index contributed by atoms with van der Waals surface area (Å²) < 4.78 is 5.58. The molecule has 0 amide bonds. The Labute approximate surface area is 69.4 Å². The van der Waals surface area contributed by atoms with E-state index in [2.05, 4.69) is 26.8 Å². The van der Waals surface area contributed by atoms with Crippen LogP contribution in [0.3, 0.4) is 0 Å². The van der Waals surface area contributed by atoms with Gasteiger partial charge in [-0.2, -0.15) is 0 Å². The maximum absolute atomic E-state index is 5.58. The first-order valence-electron chi connectivity index (χ1n) is 4.45. The lowest BCUT2D eigenvalue weighted by atomic mass is 9.99. The Morgan fingerprint density at radius 1 is 1.64 bits per heavy atom. The summed E-state index contributed by atoms with van der Waals surface area (Å²) in [7, 11) is 0. The second-order valence-electron chi connectivity index (χ2n) is 3.84. The predicted octanol–water partition coefficient (Wildman–Crippen LogP) is 2.77. The van der Waals surface area contributed by atoms with E-state index in [9.17, 15) is 0 Å². The van der Waals surface area contributed by atoms with Gasteiger partial charge in [-0.15, -0.1) is 0 Å². The Morgan fingerprint density at radius 2 is 2.36 bits per heavy atom. The minimum atomic E-state index is 0.486. The molecule has 0 saturated carbocycles. The Kier molecular flexibility index (Phi) is 3.13. The van der Waals surface area contributed by atoms with Crippen molar-refractivity contribution in [2.75, 3.05) is 6.61 Å². The molecule has 0 spiro atoms. The molecule has 1 nitrogen and oxygen atoms in total. The fraction of sp³-hybridized carbons (Fsp3) is 0.800. The van der Waals surface area contributed by atoms with Crippen molar-refractivity contribution in [1.29, 1.82) is 0 Å². The topological polar surface area (TPSA) is 9.23 Å². The average Bonchev–Trinajstić information content (AvgIpc) is 1.85. The van der Waals surface area contributed by atoms with Crippen LogP contribution in [0.5, 0.6) is 0 Å². The third kappa shape index (κ3) is 3.06. The van der Waals surface area contributed by atoms with Gasteiger partial charge in [0.2, 0.25) is 0 Å². The highest BCUT2D eigenvalue weighted by Gasteiger charge is 2.14. The van der Waals surface area contributed by atoms with Crippen molar-refractivity contribution in [3.8, 4) is 0 Å². The molecule has 0 fully saturated rings. The summed E-state index contributed by atoms with van der Waals surface area (Å²) in [5.41, 5.74) is 1.49. The molecule has 0 N–H and O–H groups in total. The van der Waals surface area contributed by atoms with Gasteiger partial charge in [-0.1, -0.05) is 25.5 Å². The molecule has 1 aliphatic heterocycles. The van der Waals surface area contributed by atoms with Gasteiger partial charge in [0.15, 0.2) is 0 Å². The zero-order valence-electron chi connectivity index (χ0n) is 7.76. The predicted molar refractivity (Wildman–Crippen MR) is 47.6 cm³/mol. The lowest BCUT2D eigenvalue weighted by molar-refractivity contribution is 0.0494. The lowest BCUT2D eigenvalue weighted by Crippen LogP contribution is -2.19. The average molecular weight is 154 g/mol. The number of ether oxygens (including phenoxy) is 1. The first kappa shape index (κ1) is 8.79. The molecule has 0 aromatic rings. The molecule has 1 rings (SSSR count). The van der Waals surface area contributed by atoms with Gasteiger partial charge in [-0.25, -0.2) is 0 Å². The molecule has 1 atom stereocenters. The highest BCUT2D eigenvalue weighted by Crippen LogP contribution is 2.19. The fourth-order valence-electron chi connectivity index (χ4n) is 1.50. The van der Waals surface area contributed by atoms with Crippen molar-refractivity contribution in [1.82, 2.24) is 0 Å². The Hall–Kier alpha value is -0.300. The van der Waals surface area contributed by atoms with Gasteiger partial charge in [0.1, 0.15) is 0 Å². The quantitative estimate of drug-likeness (QED) is 0.556. The molecule has 0 radical (unpaired) electrons. The smallest absolute Gasteiger partial charge is 0.0653 e. The van der Waals surface area contributed by atoms with Crippen molar-refractivity contribution >= 4 is 0 Å². The van der Waals surface area contributed by atoms with Gasteiger partial charge < -0.3 is 4.74 Å². The lowest BCUT2D eigenvalue weighted by Gasteiger charge is -2.23. The number of rotatable bonds is 2. The third-order valence-corrected chi connectivity index (χ3v) is 2.05. The minimum absolute atomic E-state index is 0.486. The van der Waals surface area contributed by atoms with Crippen LogP contribution in [0.4, 0.5) is 0 Å². The van der Waals surface area contributed by atoms with Crippen LogP contribution < -0.4 is 0 Å². The SMILES string of the molecule is CC1=CCO[C@H](CC(C)C)C1. The van der Waals surface area contributed by atoms with Gasteiger partial charge in [0.25, 0.3) is 0 Å². The zero-order valence-corrected chi connectivity index (χ0v) is 7.76. The fourth-order valence-corrected chi connectivity index (χ4v) is 1.50. The normalized spacial score (nSPS) is 25.5. The molecule has 0 aromatic heterocycles. The van der Waals surface area contributed by atoms with Gasteiger partial charge in [0.05, 0.1) is 12.7 Å². The van der Waals surface area contributed by atoms with E-state index in [1.54, 1.807) is 0 Å². The first-order chi connectivity index (χ1) is 5.18. The standard InChI is InChI=1S/C10H18O/c1-8(2)6-10-7-9(3)4-5-11-10/h4,8,10H,5-7H2,1-3H3/t10-/m1/s1. The summed E-state index contributed by atoms with van der Waals surface area (Å²) in [5.74, 6) is 0.755. The highest BCUT2D eigenvalue weighted by molar-refractivity contribution is 5.02. The third-order valence-electron chi connectivity index (χ3n) is 2.05. The van der Waals surface area contributed by atoms with Crippen LogP contribution in [0.25, 0.3) is 0 Å². The van der Waals surface area contributed by atoms with Crippen LogP contribution in [0.2, 0.25) is 0 Å². The molecule has 0 aromatic carbocycles. The summed E-state index contributed by atoms with van der Waals surface area (Å²) in [4.78, 5) is 0. The van der Waals surface area contributed by atoms with Gasteiger partial charge >= 0.3 is 0 Å². The summed E-state index contributed by atoms with van der Waals surface area (Å²) >= 11 is 0. The monoisotopic (exact) mass is 154 g/mol. The molecule has 64 valence electrons. The van der Waals surface area contributed by atoms with E-state index >= 15 is 0 Å². The Morgan fingerprint density at radius 3 is 2.91 bits per heavy atom. The Bertz CT molecular complexity index is 147. The maximum atomic E-state index is 5.58. The van der Waals surface area contributed by atoms with E-state index < -0.39 is 0 Å². The minimum Gasteiger partial charge on any atom is -0.374 e. The van der Waals surface area contributed by atoms with Crippen molar-refractivity contribution in [3.05, 3.63) is 11.6 Å². The molecule has 0 bridgehead atoms. The van der Waals surface area contributed by atoms with Crippen molar-refractivity contribution < 1.29 is 4.74 Å². The number of hydrogen-bond acceptors (Lipinski definition) is 1. The van der Waals surface area contributed by atoms with E-state index in [1.807, 2.05) is 0 Å². The number of hydrogen-bond donors (Lipinski definition) is 0. The van der Waals surface area contributed by atoms with Crippen LogP contribution in [0.15, 0.2) is 11.6 Å². The molecule has 11 heavy (non-hydrogen) atoms. The van der Waals surface area contributed by atoms with Crippen LogP contribution in [0, 0.1) is 5.92 Å². The molecule has 1 heterocycles. The molecule has 0 saturated heterocycles. The first-order valence-corrected chi connectivity index (χ1v) is 4.45.